The number of hydrogen-bond acceptors (Lipinski definition) is 3. The molecule has 4 nitrogen and oxygen atoms in total. The molecule has 5 heteroatoms. The van der Waals surface area contributed by atoms with Crippen LogP contribution >= 0.6 is 11.6 Å². The number of nitrogens with zero attached hydrogens (tertiary/aromatic N) is 2. The number of phenols is 1. The van der Waals surface area contributed by atoms with Gasteiger partial charge in [0.2, 0.25) is 0 Å². The molecule has 0 amide bonds. The molecule has 1 unspecified atom stereocenters. The molecule has 0 bridgehead atoms. The van der Waals surface area contributed by atoms with Gasteiger partial charge < -0.3 is 10.4 Å². The number of halogens is 1. The van der Waals surface area contributed by atoms with Gasteiger partial charge in [0.05, 0.1) is 6.20 Å². The molecule has 0 fully saturated rings. The minimum absolute atomic E-state index is 0.159. The molecule has 2 N–H and O–H groups in total. The molecular weight excluding hydrogens is 262 g/mol. The van der Waals surface area contributed by atoms with Crippen LogP contribution in [0.5, 0.6) is 5.75 Å². The molecule has 0 aliphatic carbocycles. The molecular formula is C14H18ClN3O. The molecule has 19 heavy (non-hydrogen) atoms. The van der Waals surface area contributed by atoms with Crippen LogP contribution in [0.2, 0.25) is 5.02 Å². The van der Waals surface area contributed by atoms with Crippen LogP contribution in [0.25, 0.3) is 0 Å². The number of nitrogens with one attached hydrogen (secondary N) is 1. The van der Waals surface area contributed by atoms with E-state index in [1.54, 1.807) is 18.2 Å². The van der Waals surface area contributed by atoms with Gasteiger partial charge in [-0.15, -0.1) is 0 Å². The summed E-state index contributed by atoms with van der Waals surface area (Å²) >= 11 is 5.93. The Balaban J connectivity index is 2.06. The van der Waals surface area contributed by atoms with Crippen molar-refractivity contribution in [3.8, 4) is 5.75 Å². The molecule has 0 saturated carbocycles. The van der Waals surface area contributed by atoms with Gasteiger partial charge in [-0.2, -0.15) is 5.10 Å². The second-order valence-corrected chi connectivity index (χ2v) is 5.12. The molecule has 1 aromatic heterocycles. The summed E-state index contributed by atoms with van der Waals surface area (Å²) in [6.45, 7) is 4.67. The van der Waals surface area contributed by atoms with Crippen LogP contribution in [0.4, 0.5) is 0 Å². The van der Waals surface area contributed by atoms with Crippen molar-refractivity contribution in [3.05, 3.63) is 46.2 Å². The lowest BCUT2D eigenvalue weighted by atomic mass is 10.1. The number of benzene rings is 1. The largest absolute Gasteiger partial charge is 0.508 e. The summed E-state index contributed by atoms with van der Waals surface area (Å²) in [5, 5.41) is 18.0. The summed E-state index contributed by atoms with van der Waals surface area (Å²) in [5.41, 5.74) is 3.08. The summed E-state index contributed by atoms with van der Waals surface area (Å²) in [6.07, 6.45) is 1.87. The van der Waals surface area contributed by atoms with Gasteiger partial charge in [0.25, 0.3) is 0 Å². The Morgan fingerprint density at radius 2 is 2.21 bits per heavy atom. The van der Waals surface area contributed by atoms with Crippen molar-refractivity contribution in [1.82, 2.24) is 15.1 Å². The first-order valence-electron chi connectivity index (χ1n) is 6.18. The van der Waals surface area contributed by atoms with Crippen molar-refractivity contribution in [2.24, 2.45) is 7.05 Å². The third-order valence-corrected chi connectivity index (χ3v) is 3.62. The van der Waals surface area contributed by atoms with E-state index in [0.717, 1.165) is 16.8 Å². The fourth-order valence-electron chi connectivity index (χ4n) is 2.01. The smallest absolute Gasteiger partial charge is 0.120 e. The summed E-state index contributed by atoms with van der Waals surface area (Å²) < 4.78 is 1.85. The van der Waals surface area contributed by atoms with Crippen LogP contribution in [-0.2, 0) is 13.6 Å². The van der Waals surface area contributed by atoms with Gasteiger partial charge in [0.1, 0.15) is 5.75 Å². The normalized spacial score (nSPS) is 12.6. The van der Waals surface area contributed by atoms with Crippen LogP contribution in [0, 0.1) is 6.92 Å². The Morgan fingerprint density at radius 1 is 1.47 bits per heavy atom. The third-order valence-electron chi connectivity index (χ3n) is 3.38. The van der Waals surface area contributed by atoms with Crippen molar-refractivity contribution in [3.63, 3.8) is 0 Å². The Hall–Kier alpha value is -1.52. The Kier molecular flexibility index (Phi) is 4.12. The molecule has 1 atom stereocenters. The molecule has 102 valence electrons. The number of aromatic hydroxyl groups is 1. The first-order valence-corrected chi connectivity index (χ1v) is 6.56. The number of aryl methyl sites for hydroxylation is 1. The zero-order valence-corrected chi connectivity index (χ0v) is 12.1. The predicted octanol–water partition coefficient (Wildman–Crippen LogP) is 2.94. The third kappa shape index (κ3) is 3.08. The zero-order chi connectivity index (χ0) is 14.0. The topological polar surface area (TPSA) is 50.1 Å². The average molecular weight is 280 g/mol. The van der Waals surface area contributed by atoms with Crippen LogP contribution in [0.15, 0.2) is 24.4 Å². The lowest BCUT2D eigenvalue weighted by molar-refractivity contribution is 0.460. The van der Waals surface area contributed by atoms with Gasteiger partial charge in [0.15, 0.2) is 0 Å². The minimum atomic E-state index is 0.159. The van der Waals surface area contributed by atoms with E-state index >= 15 is 0 Å². The Labute approximate surface area is 118 Å². The highest BCUT2D eigenvalue weighted by Gasteiger charge is 2.12. The van der Waals surface area contributed by atoms with E-state index in [9.17, 15) is 5.11 Å². The van der Waals surface area contributed by atoms with Crippen LogP contribution in [-0.4, -0.2) is 14.9 Å². The molecule has 0 spiro atoms. The van der Waals surface area contributed by atoms with Crippen molar-refractivity contribution < 1.29 is 5.11 Å². The van der Waals surface area contributed by atoms with E-state index < -0.39 is 0 Å². The van der Waals surface area contributed by atoms with Crippen LogP contribution in [0.3, 0.4) is 0 Å². The van der Waals surface area contributed by atoms with Gasteiger partial charge in [-0.25, -0.2) is 0 Å². The Morgan fingerprint density at radius 3 is 2.84 bits per heavy atom. The number of phenolic OH excluding ortho intramolecular Hbond substituents is 1. The number of aromatic nitrogens is 2. The minimum Gasteiger partial charge on any atom is -0.508 e. The second kappa shape index (κ2) is 5.63. The zero-order valence-electron chi connectivity index (χ0n) is 11.3. The van der Waals surface area contributed by atoms with E-state index in [0.29, 0.717) is 11.6 Å². The Bertz CT molecular complexity index is 580. The maximum absolute atomic E-state index is 9.76. The lowest BCUT2D eigenvalue weighted by Gasteiger charge is -2.14. The van der Waals surface area contributed by atoms with E-state index in [4.69, 9.17) is 11.6 Å². The van der Waals surface area contributed by atoms with E-state index in [-0.39, 0.29) is 11.8 Å². The maximum Gasteiger partial charge on any atom is 0.120 e. The van der Waals surface area contributed by atoms with Crippen molar-refractivity contribution in [2.75, 3.05) is 0 Å². The quantitative estimate of drug-likeness (QED) is 0.905. The second-order valence-electron chi connectivity index (χ2n) is 4.68. The average Bonchev–Trinajstić information content (AvgIpc) is 2.71. The van der Waals surface area contributed by atoms with Crippen LogP contribution in [0.1, 0.15) is 29.8 Å². The van der Waals surface area contributed by atoms with E-state index in [2.05, 4.69) is 17.3 Å². The highest BCUT2D eigenvalue weighted by Crippen LogP contribution is 2.23. The maximum atomic E-state index is 9.76. The molecule has 1 heterocycles. The SMILES string of the molecule is Cc1c(C(C)NCc2cc(Cl)ccc2O)cnn1C. The lowest BCUT2D eigenvalue weighted by Crippen LogP contribution is -2.18. The number of hydrogen-bond donors (Lipinski definition) is 2. The number of rotatable bonds is 4. The molecule has 0 aliphatic rings. The fraction of sp³-hybridized carbons (Fsp3) is 0.357. The molecule has 1 aromatic carbocycles. The molecule has 2 aromatic rings. The van der Waals surface area contributed by atoms with Crippen molar-refractivity contribution in [1.29, 1.82) is 0 Å². The monoisotopic (exact) mass is 279 g/mol. The van der Waals surface area contributed by atoms with Gasteiger partial charge in [-0.05, 0) is 32.0 Å². The molecule has 0 radical (unpaired) electrons. The fourth-order valence-corrected chi connectivity index (χ4v) is 2.20. The highest BCUT2D eigenvalue weighted by atomic mass is 35.5. The van der Waals surface area contributed by atoms with E-state index in [1.165, 1.54) is 0 Å². The van der Waals surface area contributed by atoms with Gasteiger partial charge in [-0.1, -0.05) is 11.6 Å². The molecule has 2 rings (SSSR count). The highest BCUT2D eigenvalue weighted by molar-refractivity contribution is 6.30. The first-order chi connectivity index (χ1) is 8.99. The first kappa shape index (κ1) is 13.9. The standard InChI is InChI=1S/C14H18ClN3O/c1-9(13-8-17-18(3)10(13)2)16-7-11-6-12(15)4-5-14(11)19/h4-6,8-9,16,19H,7H2,1-3H3. The summed E-state index contributed by atoms with van der Waals surface area (Å²) in [7, 11) is 1.92. The molecule has 0 saturated heterocycles. The molecule has 0 aliphatic heterocycles. The van der Waals surface area contributed by atoms with E-state index in [1.807, 2.05) is 24.9 Å². The summed E-state index contributed by atoms with van der Waals surface area (Å²) in [5.74, 6) is 0.256. The van der Waals surface area contributed by atoms with Gasteiger partial charge >= 0.3 is 0 Å². The van der Waals surface area contributed by atoms with Crippen molar-refractivity contribution >= 4 is 11.6 Å². The van der Waals surface area contributed by atoms with Crippen LogP contribution < -0.4 is 5.32 Å². The van der Waals surface area contributed by atoms with Gasteiger partial charge in [0, 0.05) is 41.5 Å². The summed E-state index contributed by atoms with van der Waals surface area (Å²) in [6, 6.07) is 5.22. The van der Waals surface area contributed by atoms with Crippen molar-refractivity contribution in [2.45, 2.75) is 26.4 Å². The van der Waals surface area contributed by atoms with Gasteiger partial charge in [-0.3, -0.25) is 4.68 Å². The predicted molar refractivity (Wildman–Crippen MR) is 76.3 cm³/mol. The summed E-state index contributed by atoms with van der Waals surface area (Å²) in [4.78, 5) is 0.